The Labute approximate surface area is 97.0 Å². The van der Waals surface area contributed by atoms with Gasteiger partial charge in [0.1, 0.15) is 4.90 Å². The van der Waals surface area contributed by atoms with Gasteiger partial charge in [0.15, 0.2) is 0 Å². The molecule has 0 aromatic heterocycles. The van der Waals surface area contributed by atoms with Crippen LogP contribution in [0.5, 0.6) is 0 Å². The van der Waals surface area contributed by atoms with Crippen molar-refractivity contribution in [1.82, 2.24) is 4.89 Å². The van der Waals surface area contributed by atoms with Gasteiger partial charge in [-0.05, 0) is 12.1 Å². The first-order valence-corrected chi connectivity index (χ1v) is 7.25. The fraction of sp³-hybridized carbons (Fsp3) is 0.333. The van der Waals surface area contributed by atoms with E-state index in [4.69, 9.17) is 5.21 Å². The summed E-state index contributed by atoms with van der Waals surface area (Å²) < 4.78 is 34.8. The molecule has 1 aromatic rings. The molecule has 0 bridgehead atoms. The topological polar surface area (TPSA) is 83.5 Å². The van der Waals surface area contributed by atoms with E-state index in [0.717, 1.165) is 0 Å². The number of sulfonamides is 1. The largest absolute Gasteiger partial charge is 0.302 e. The van der Waals surface area contributed by atoms with Gasteiger partial charge in [0.2, 0.25) is 0 Å². The molecule has 5 nitrogen and oxygen atoms in total. The second-order valence-corrected chi connectivity index (χ2v) is 6.99. The highest BCUT2D eigenvalue weighted by molar-refractivity contribution is 7.91. The fourth-order valence-corrected chi connectivity index (χ4v) is 3.39. The first kappa shape index (κ1) is 13.3. The van der Waals surface area contributed by atoms with Gasteiger partial charge in [0.05, 0.1) is 15.7 Å². The number of hydrogen-bond acceptors (Lipinski definition) is 4. The van der Waals surface area contributed by atoms with Gasteiger partial charge in [0, 0.05) is 5.25 Å². The molecule has 1 aromatic carbocycles. The van der Waals surface area contributed by atoms with Gasteiger partial charge in [-0.3, -0.25) is 4.21 Å². The molecule has 0 spiro atoms. The lowest BCUT2D eigenvalue weighted by atomic mass is 10.4. The van der Waals surface area contributed by atoms with Crippen molar-refractivity contribution in [2.45, 2.75) is 28.9 Å². The van der Waals surface area contributed by atoms with Gasteiger partial charge in [0.25, 0.3) is 10.0 Å². The zero-order chi connectivity index (χ0) is 12.3. The molecule has 1 unspecified atom stereocenters. The summed E-state index contributed by atoms with van der Waals surface area (Å²) in [6.45, 7) is 3.46. The highest BCUT2D eigenvalue weighted by Crippen LogP contribution is 2.20. The predicted octanol–water partition coefficient (Wildman–Crippen LogP) is 0.870. The van der Waals surface area contributed by atoms with Crippen molar-refractivity contribution in [3.63, 3.8) is 0 Å². The molecule has 0 heterocycles. The molecule has 90 valence electrons. The van der Waals surface area contributed by atoms with Crippen molar-refractivity contribution in [2.24, 2.45) is 0 Å². The molecule has 0 amide bonds. The van der Waals surface area contributed by atoms with Gasteiger partial charge >= 0.3 is 0 Å². The zero-order valence-corrected chi connectivity index (χ0v) is 10.5. The monoisotopic (exact) mass is 263 g/mol. The van der Waals surface area contributed by atoms with E-state index in [2.05, 4.69) is 0 Å². The van der Waals surface area contributed by atoms with Crippen LogP contribution in [0.25, 0.3) is 0 Å². The van der Waals surface area contributed by atoms with Crippen LogP contribution in [0, 0.1) is 0 Å². The Hall–Kier alpha value is -0.760. The zero-order valence-electron chi connectivity index (χ0n) is 8.88. The second-order valence-electron chi connectivity index (χ2n) is 3.39. The Bertz CT molecular complexity index is 496. The van der Waals surface area contributed by atoms with Crippen LogP contribution in [-0.2, 0) is 20.8 Å². The number of benzene rings is 1. The van der Waals surface area contributed by atoms with Crippen molar-refractivity contribution in [3.05, 3.63) is 24.3 Å². The van der Waals surface area contributed by atoms with Gasteiger partial charge in [-0.1, -0.05) is 30.9 Å². The van der Waals surface area contributed by atoms with E-state index in [1.165, 1.54) is 23.1 Å². The lowest BCUT2D eigenvalue weighted by Crippen LogP contribution is -2.22. The maximum Gasteiger partial charge on any atom is 0.263 e. The van der Waals surface area contributed by atoms with E-state index < -0.39 is 20.8 Å². The summed E-state index contributed by atoms with van der Waals surface area (Å²) in [6.07, 6.45) is 0. The highest BCUT2D eigenvalue weighted by atomic mass is 32.2. The van der Waals surface area contributed by atoms with Crippen LogP contribution in [0.3, 0.4) is 0 Å². The molecule has 1 atom stereocenters. The van der Waals surface area contributed by atoms with Gasteiger partial charge in [-0.25, -0.2) is 8.42 Å². The van der Waals surface area contributed by atoms with Crippen molar-refractivity contribution >= 4 is 20.8 Å². The van der Waals surface area contributed by atoms with Crippen molar-refractivity contribution in [2.75, 3.05) is 0 Å². The third-order valence-corrected chi connectivity index (χ3v) is 4.85. The van der Waals surface area contributed by atoms with Crippen LogP contribution in [0.15, 0.2) is 34.1 Å². The van der Waals surface area contributed by atoms with Gasteiger partial charge in [-0.15, -0.1) is 0 Å². The Morgan fingerprint density at radius 2 is 1.88 bits per heavy atom. The molecule has 16 heavy (non-hydrogen) atoms. The minimum Gasteiger partial charge on any atom is -0.302 e. The van der Waals surface area contributed by atoms with E-state index >= 15 is 0 Å². The summed E-state index contributed by atoms with van der Waals surface area (Å²) in [5, 5.41) is 8.36. The van der Waals surface area contributed by atoms with E-state index in [9.17, 15) is 12.6 Å². The molecule has 0 aliphatic rings. The number of rotatable bonds is 4. The third kappa shape index (κ3) is 2.67. The maximum atomic E-state index is 11.9. The average Bonchev–Trinajstić information content (AvgIpc) is 2.28. The fourth-order valence-electron chi connectivity index (χ4n) is 1.14. The number of hydrogen-bond donors (Lipinski definition) is 2. The summed E-state index contributed by atoms with van der Waals surface area (Å²) in [4.78, 5) is 1.26. The quantitative estimate of drug-likeness (QED) is 0.790. The average molecular weight is 263 g/mol. The Morgan fingerprint density at radius 1 is 1.31 bits per heavy atom. The van der Waals surface area contributed by atoms with E-state index in [-0.39, 0.29) is 15.0 Å². The van der Waals surface area contributed by atoms with Crippen LogP contribution < -0.4 is 4.89 Å². The van der Waals surface area contributed by atoms with Crippen LogP contribution in [0.2, 0.25) is 0 Å². The smallest absolute Gasteiger partial charge is 0.263 e. The van der Waals surface area contributed by atoms with Crippen LogP contribution in [0.1, 0.15) is 13.8 Å². The second kappa shape index (κ2) is 5.05. The van der Waals surface area contributed by atoms with Gasteiger partial charge in [-0.2, -0.15) is 0 Å². The molecular weight excluding hydrogens is 250 g/mol. The SMILES string of the molecule is CC(C)S(=O)c1ccccc1S(=O)(=O)NO. The van der Waals surface area contributed by atoms with Crippen LogP contribution >= 0.6 is 0 Å². The maximum absolute atomic E-state index is 11.9. The Kier molecular flexibility index (Phi) is 4.20. The molecule has 2 N–H and O–H groups in total. The summed E-state index contributed by atoms with van der Waals surface area (Å²) in [5.74, 6) is 0. The predicted molar refractivity (Wildman–Crippen MR) is 60.1 cm³/mol. The van der Waals surface area contributed by atoms with Crippen molar-refractivity contribution in [1.29, 1.82) is 0 Å². The third-order valence-electron chi connectivity index (χ3n) is 1.90. The van der Waals surface area contributed by atoms with Crippen LogP contribution in [0.4, 0.5) is 0 Å². The molecule has 0 aliphatic carbocycles. The Morgan fingerprint density at radius 3 is 2.38 bits per heavy atom. The first-order chi connectivity index (χ1) is 7.40. The van der Waals surface area contributed by atoms with Gasteiger partial charge < -0.3 is 5.21 Å². The Balaban J connectivity index is 3.38. The van der Waals surface area contributed by atoms with Crippen molar-refractivity contribution in [3.8, 4) is 0 Å². The molecule has 7 heteroatoms. The molecule has 1 rings (SSSR count). The molecular formula is C9H13NO4S2. The normalized spacial score (nSPS) is 14.0. The summed E-state index contributed by atoms with van der Waals surface area (Å²) >= 11 is 0. The molecule has 0 aliphatic heterocycles. The van der Waals surface area contributed by atoms with E-state index in [1.54, 1.807) is 19.9 Å². The minimum atomic E-state index is -3.99. The molecule has 0 fully saturated rings. The summed E-state index contributed by atoms with van der Waals surface area (Å²) in [7, 11) is -5.42. The summed E-state index contributed by atoms with van der Waals surface area (Å²) in [5.41, 5.74) is 0. The number of nitrogens with one attached hydrogen (secondary N) is 1. The molecule has 0 saturated heterocycles. The lowest BCUT2D eigenvalue weighted by Gasteiger charge is -2.10. The van der Waals surface area contributed by atoms with Crippen molar-refractivity contribution < 1.29 is 17.8 Å². The van der Waals surface area contributed by atoms with E-state index in [1.807, 2.05) is 0 Å². The summed E-state index contributed by atoms with van der Waals surface area (Å²) in [6, 6.07) is 5.88. The van der Waals surface area contributed by atoms with Crippen LogP contribution in [-0.4, -0.2) is 23.1 Å². The standard InChI is InChI=1S/C9H13NO4S2/c1-7(2)15(12)8-5-3-4-6-9(8)16(13,14)10-11/h3-7,10-11H,1-2H3. The lowest BCUT2D eigenvalue weighted by molar-refractivity contribution is 0.242. The highest BCUT2D eigenvalue weighted by Gasteiger charge is 2.21. The van der Waals surface area contributed by atoms with E-state index in [0.29, 0.717) is 0 Å². The minimum absolute atomic E-state index is 0.162. The molecule has 0 radical (unpaired) electrons. The molecule has 0 saturated carbocycles. The first-order valence-electron chi connectivity index (χ1n) is 4.55.